The average molecular weight is 369 g/mol. The Hall–Kier alpha value is -2.05. The molecule has 2 fully saturated rings. The summed E-state index contributed by atoms with van der Waals surface area (Å²) in [6.45, 7) is 4.23. The smallest absolute Gasteiger partial charge is 0.416 e. The Bertz CT molecular complexity index is 731. The summed E-state index contributed by atoms with van der Waals surface area (Å²) >= 11 is 0. The van der Waals surface area contributed by atoms with E-state index in [1.807, 2.05) is 13.8 Å². The molecule has 1 aromatic rings. The third kappa shape index (κ3) is 3.19. The van der Waals surface area contributed by atoms with E-state index in [9.17, 15) is 27.9 Å². The maximum atomic E-state index is 12.9. The predicted octanol–water partition coefficient (Wildman–Crippen LogP) is 3.77. The zero-order valence-electron chi connectivity index (χ0n) is 14.7. The molecule has 1 amide bonds. The van der Waals surface area contributed by atoms with E-state index in [-0.39, 0.29) is 30.2 Å². The van der Waals surface area contributed by atoms with Crippen molar-refractivity contribution < 1.29 is 27.9 Å². The van der Waals surface area contributed by atoms with Gasteiger partial charge in [-0.05, 0) is 36.3 Å². The van der Waals surface area contributed by atoms with E-state index < -0.39 is 23.1 Å². The molecule has 1 aromatic carbocycles. The average Bonchev–Trinajstić information content (AvgIpc) is 3.23. The lowest BCUT2D eigenvalue weighted by atomic mass is 9.76. The highest BCUT2D eigenvalue weighted by Gasteiger charge is 2.52. The van der Waals surface area contributed by atoms with E-state index in [4.69, 9.17) is 0 Å². The van der Waals surface area contributed by atoms with Gasteiger partial charge in [0.2, 0.25) is 5.91 Å². The van der Waals surface area contributed by atoms with Crippen LogP contribution in [0.2, 0.25) is 0 Å². The molecule has 7 heteroatoms. The van der Waals surface area contributed by atoms with Crippen molar-refractivity contribution in [1.82, 2.24) is 4.90 Å². The lowest BCUT2D eigenvalue weighted by molar-refractivity contribution is -0.151. The molecule has 3 atom stereocenters. The molecule has 0 spiro atoms. The van der Waals surface area contributed by atoms with Gasteiger partial charge in [-0.25, -0.2) is 0 Å². The number of amides is 1. The van der Waals surface area contributed by atoms with Gasteiger partial charge in [0.15, 0.2) is 0 Å². The van der Waals surface area contributed by atoms with Crippen molar-refractivity contribution in [2.75, 3.05) is 13.1 Å². The van der Waals surface area contributed by atoms with E-state index in [1.165, 1.54) is 6.07 Å². The molecule has 3 unspecified atom stereocenters. The number of halogens is 3. The van der Waals surface area contributed by atoms with Gasteiger partial charge in [0.1, 0.15) is 0 Å². The van der Waals surface area contributed by atoms with Crippen LogP contribution in [-0.4, -0.2) is 35.0 Å². The van der Waals surface area contributed by atoms with Crippen molar-refractivity contribution in [2.45, 2.75) is 38.8 Å². The Morgan fingerprint density at radius 3 is 2.54 bits per heavy atom. The monoisotopic (exact) mass is 369 g/mol. The number of likely N-dealkylation sites (tertiary alicyclic amines) is 1. The molecule has 1 aliphatic carbocycles. The number of carboxylic acid groups (broad SMARTS) is 1. The molecule has 3 rings (SSSR count). The minimum atomic E-state index is -4.41. The Labute approximate surface area is 150 Å². The van der Waals surface area contributed by atoms with Gasteiger partial charge in [-0.1, -0.05) is 32.0 Å². The topological polar surface area (TPSA) is 57.6 Å². The highest BCUT2D eigenvalue weighted by atomic mass is 19.4. The summed E-state index contributed by atoms with van der Waals surface area (Å²) in [5.74, 6) is -1.71. The molecule has 1 heterocycles. The molecule has 0 radical (unpaired) electrons. The summed E-state index contributed by atoms with van der Waals surface area (Å²) in [7, 11) is 0. The van der Waals surface area contributed by atoms with Crippen molar-refractivity contribution in [3.05, 3.63) is 35.4 Å². The normalized spacial score (nSPS) is 28.5. The largest absolute Gasteiger partial charge is 0.481 e. The fourth-order valence-electron chi connectivity index (χ4n) is 3.93. The van der Waals surface area contributed by atoms with E-state index in [2.05, 4.69) is 0 Å². The van der Waals surface area contributed by atoms with Crippen LogP contribution in [0.25, 0.3) is 0 Å². The van der Waals surface area contributed by atoms with Gasteiger partial charge < -0.3 is 10.0 Å². The fraction of sp³-hybridized carbons (Fsp3) is 0.579. The second-order valence-electron chi connectivity index (χ2n) is 7.70. The van der Waals surface area contributed by atoms with Gasteiger partial charge in [-0.15, -0.1) is 0 Å². The maximum Gasteiger partial charge on any atom is 0.416 e. The van der Waals surface area contributed by atoms with Crippen LogP contribution < -0.4 is 0 Å². The summed E-state index contributed by atoms with van der Waals surface area (Å²) in [5.41, 5.74) is -1.12. The number of carbonyl (C=O) groups excluding carboxylic acids is 1. The molecule has 1 saturated heterocycles. The second-order valence-corrected chi connectivity index (χ2v) is 7.70. The second kappa shape index (κ2) is 6.28. The lowest BCUT2D eigenvalue weighted by Crippen LogP contribution is -2.41. The molecular weight excluding hydrogens is 347 g/mol. The number of hydrogen-bond donors (Lipinski definition) is 1. The van der Waals surface area contributed by atoms with E-state index in [0.29, 0.717) is 24.9 Å². The number of carboxylic acids is 1. The number of carbonyl (C=O) groups is 2. The quantitative estimate of drug-likeness (QED) is 0.879. The number of rotatable bonds is 4. The first-order chi connectivity index (χ1) is 12.1. The van der Waals surface area contributed by atoms with Gasteiger partial charge in [-0.2, -0.15) is 13.2 Å². The molecule has 26 heavy (non-hydrogen) atoms. The summed E-state index contributed by atoms with van der Waals surface area (Å²) in [5, 5.41) is 9.58. The zero-order chi connectivity index (χ0) is 19.3. The van der Waals surface area contributed by atoms with Crippen LogP contribution in [-0.2, 0) is 15.8 Å². The maximum absolute atomic E-state index is 12.9. The number of nitrogens with zero attached hydrogens (tertiary/aromatic N) is 1. The van der Waals surface area contributed by atoms with Crippen molar-refractivity contribution in [1.29, 1.82) is 0 Å². The Morgan fingerprint density at radius 2 is 2.00 bits per heavy atom. The van der Waals surface area contributed by atoms with Gasteiger partial charge in [0.25, 0.3) is 0 Å². The van der Waals surface area contributed by atoms with Crippen LogP contribution >= 0.6 is 0 Å². The third-order valence-electron chi connectivity index (χ3n) is 5.89. The van der Waals surface area contributed by atoms with Crippen molar-refractivity contribution in [3.8, 4) is 0 Å². The highest BCUT2D eigenvalue weighted by molar-refractivity contribution is 5.85. The molecule has 142 valence electrons. The van der Waals surface area contributed by atoms with Crippen LogP contribution in [0, 0.1) is 17.3 Å². The van der Waals surface area contributed by atoms with E-state index >= 15 is 0 Å². The SMILES string of the molecule is CC(C)C1(C(=O)O)CCN(C(=O)C2CC2c2cccc(C(F)(F)F)c2)C1. The summed E-state index contributed by atoms with van der Waals surface area (Å²) in [6.07, 6.45) is -3.48. The predicted molar refractivity (Wildman–Crippen MR) is 88.4 cm³/mol. The van der Waals surface area contributed by atoms with E-state index in [1.54, 1.807) is 11.0 Å². The standard InChI is InChI=1S/C19H22F3NO3/c1-11(2)18(17(25)26)6-7-23(10-18)16(24)15-9-14(15)12-4-3-5-13(8-12)19(20,21)22/h3-5,8,11,14-15H,6-7,9-10H2,1-2H3,(H,25,26). The Kier molecular flexibility index (Phi) is 4.53. The van der Waals surface area contributed by atoms with Crippen molar-refractivity contribution in [2.24, 2.45) is 17.3 Å². The number of aliphatic carboxylic acids is 1. The van der Waals surface area contributed by atoms with Gasteiger partial charge >= 0.3 is 12.1 Å². The fourth-order valence-corrected chi connectivity index (χ4v) is 3.93. The molecule has 0 bridgehead atoms. The first kappa shape index (κ1) is 18.7. The third-order valence-corrected chi connectivity index (χ3v) is 5.89. The van der Waals surface area contributed by atoms with Crippen LogP contribution in [0.5, 0.6) is 0 Å². The Morgan fingerprint density at radius 1 is 1.31 bits per heavy atom. The minimum absolute atomic E-state index is 0.101. The molecular formula is C19H22F3NO3. The molecule has 0 aromatic heterocycles. The van der Waals surface area contributed by atoms with Gasteiger partial charge in [0.05, 0.1) is 11.0 Å². The van der Waals surface area contributed by atoms with E-state index in [0.717, 1.165) is 12.1 Å². The molecule has 4 nitrogen and oxygen atoms in total. The first-order valence-corrected chi connectivity index (χ1v) is 8.75. The molecule has 2 aliphatic rings. The van der Waals surface area contributed by atoms with Crippen LogP contribution in [0.1, 0.15) is 43.7 Å². The van der Waals surface area contributed by atoms with Gasteiger partial charge in [-0.3, -0.25) is 9.59 Å². The summed E-state index contributed by atoms with van der Waals surface area (Å²) in [4.78, 5) is 26.0. The van der Waals surface area contributed by atoms with Crippen LogP contribution in [0.3, 0.4) is 0 Å². The molecule has 1 N–H and O–H groups in total. The van der Waals surface area contributed by atoms with Gasteiger partial charge in [0, 0.05) is 19.0 Å². The first-order valence-electron chi connectivity index (χ1n) is 8.75. The Balaban J connectivity index is 1.70. The van der Waals surface area contributed by atoms with Crippen LogP contribution in [0.4, 0.5) is 13.2 Å². The number of alkyl halides is 3. The number of hydrogen-bond acceptors (Lipinski definition) is 2. The minimum Gasteiger partial charge on any atom is -0.481 e. The molecule has 1 aliphatic heterocycles. The summed E-state index contributed by atoms with van der Waals surface area (Å²) < 4.78 is 38.6. The molecule has 1 saturated carbocycles. The zero-order valence-corrected chi connectivity index (χ0v) is 14.7. The van der Waals surface area contributed by atoms with Crippen molar-refractivity contribution >= 4 is 11.9 Å². The number of benzene rings is 1. The van der Waals surface area contributed by atoms with Crippen molar-refractivity contribution in [3.63, 3.8) is 0 Å². The highest BCUT2D eigenvalue weighted by Crippen LogP contribution is 2.50. The summed E-state index contributed by atoms with van der Waals surface area (Å²) in [6, 6.07) is 5.11. The lowest BCUT2D eigenvalue weighted by Gasteiger charge is -2.28. The van der Waals surface area contributed by atoms with Crippen LogP contribution in [0.15, 0.2) is 24.3 Å².